The van der Waals surface area contributed by atoms with E-state index >= 15 is 0 Å². The van der Waals surface area contributed by atoms with Crippen LogP contribution in [0.15, 0.2) is 15.4 Å². The van der Waals surface area contributed by atoms with E-state index in [0.717, 1.165) is 0 Å². The molecule has 0 saturated carbocycles. The minimum absolute atomic E-state index is 0.0807. The predicted molar refractivity (Wildman–Crippen MR) is 66.3 cm³/mol. The molecule has 2 atom stereocenters. The Kier molecular flexibility index (Phi) is 2.80. The largest absolute Gasteiger partial charge is 0.368 e. The van der Waals surface area contributed by atoms with E-state index < -0.39 is 0 Å². The first-order valence-corrected chi connectivity index (χ1v) is 5.97. The second kappa shape index (κ2) is 3.94. The van der Waals surface area contributed by atoms with Crippen molar-refractivity contribution in [3.05, 3.63) is 21.4 Å². The second-order valence-electron chi connectivity index (χ2n) is 3.56. The molecule has 0 saturated heterocycles. The number of nitrogens with zero attached hydrogens (tertiary/aromatic N) is 2. The molecule has 1 aromatic heterocycles. The summed E-state index contributed by atoms with van der Waals surface area (Å²) >= 11 is 7.84. The van der Waals surface area contributed by atoms with Gasteiger partial charge in [-0.25, -0.2) is 9.98 Å². The Labute approximate surface area is 97.7 Å². The van der Waals surface area contributed by atoms with Crippen molar-refractivity contribution in [1.82, 2.24) is 0 Å². The van der Waals surface area contributed by atoms with Crippen molar-refractivity contribution < 1.29 is 0 Å². The normalized spacial score (nSPS) is 25.4. The summed E-state index contributed by atoms with van der Waals surface area (Å²) in [5.41, 5.74) is 8.11. The Morgan fingerprint density at radius 1 is 1.47 bits per heavy atom. The molecule has 0 radical (unpaired) electrons. The number of guanidine groups is 1. The van der Waals surface area contributed by atoms with Crippen molar-refractivity contribution in [3.8, 4) is 0 Å². The van der Waals surface area contributed by atoms with Crippen molar-refractivity contribution >= 4 is 35.1 Å². The molecular formula is C10H12ClN3S. The quantitative estimate of drug-likeness (QED) is 0.755. The molecule has 15 heavy (non-hydrogen) atoms. The minimum Gasteiger partial charge on any atom is -0.368 e. The lowest BCUT2D eigenvalue weighted by atomic mass is 10.1. The smallest absolute Gasteiger partial charge is 0.215 e. The van der Waals surface area contributed by atoms with Crippen LogP contribution in [0.1, 0.15) is 22.0 Å². The molecular weight excluding hydrogens is 230 g/mol. The van der Waals surface area contributed by atoms with Crippen LogP contribution in [-0.4, -0.2) is 17.6 Å². The molecule has 2 N–H and O–H groups in total. The first-order chi connectivity index (χ1) is 7.09. The Bertz CT molecular complexity index is 436. The van der Waals surface area contributed by atoms with Gasteiger partial charge >= 0.3 is 0 Å². The fourth-order valence-corrected chi connectivity index (χ4v) is 2.96. The number of hydrogen-bond donors (Lipinski definition) is 1. The molecule has 5 heteroatoms. The van der Waals surface area contributed by atoms with Crippen LogP contribution >= 0.6 is 22.9 Å². The number of aryl methyl sites for hydroxylation is 1. The fraction of sp³-hybridized carbons (Fsp3) is 0.400. The summed E-state index contributed by atoms with van der Waals surface area (Å²) in [5, 5.41) is 1.92. The van der Waals surface area contributed by atoms with Gasteiger partial charge in [0, 0.05) is 11.1 Å². The lowest BCUT2D eigenvalue weighted by molar-refractivity contribution is 0.775. The molecule has 0 fully saturated rings. The highest BCUT2D eigenvalue weighted by molar-refractivity contribution is 7.10. The average Bonchev–Trinajstić information content (AvgIpc) is 2.52. The highest BCUT2D eigenvalue weighted by Gasteiger charge is 2.25. The summed E-state index contributed by atoms with van der Waals surface area (Å²) in [7, 11) is 0. The number of rotatable bonds is 1. The van der Waals surface area contributed by atoms with E-state index in [1.165, 1.54) is 16.0 Å². The number of alkyl halides is 1. The third kappa shape index (κ3) is 1.92. The molecule has 0 aromatic carbocycles. The van der Waals surface area contributed by atoms with Gasteiger partial charge in [0.25, 0.3) is 0 Å². The van der Waals surface area contributed by atoms with Crippen LogP contribution in [0.2, 0.25) is 0 Å². The van der Waals surface area contributed by atoms with E-state index in [1.807, 2.05) is 0 Å². The zero-order valence-corrected chi connectivity index (χ0v) is 10.1. The minimum atomic E-state index is -0.200. The lowest BCUT2D eigenvalue weighted by Gasteiger charge is -2.18. The summed E-state index contributed by atoms with van der Waals surface area (Å²) in [4.78, 5) is 9.36. The molecule has 0 aliphatic carbocycles. The zero-order valence-electron chi connectivity index (χ0n) is 8.57. The summed E-state index contributed by atoms with van der Waals surface area (Å²) in [5.74, 6) is 0.308. The maximum Gasteiger partial charge on any atom is 0.215 e. The van der Waals surface area contributed by atoms with Crippen LogP contribution in [0.5, 0.6) is 0 Å². The molecule has 0 spiro atoms. The maximum absolute atomic E-state index is 6.16. The van der Waals surface area contributed by atoms with Crippen LogP contribution in [0, 0.1) is 13.8 Å². The van der Waals surface area contributed by atoms with Gasteiger partial charge < -0.3 is 5.73 Å². The van der Waals surface area contributed by atoms with Gasteiger partial charge in [0.2, 0.25) is 5.96 Å². The molecule has 3 nitrogen and oxygen atoms in total. The van der Waals surface area contributed by atoms with Crippen LogP contribution in [0.4, 0.5) is 0 Å². The molecule has 1 aromatic rings. The Hall–Kier alpha value is -0.870. The summed E-state index contributed by atoms with van der Waals surface area (Å²) in [6.07, 6.45) is 1.66. The van der Waals surface area contributed by atoms with E-state index in [0.29, 0.717) is 5.96 Å². The molecule has 0 amide bonds. The van der Waals surface area contributed by atoms with E-state index in [2.05, 4.69) is 29.2 Å². The monoisotopic (exact) mass is 241 g/mol. The van der Waals surface area contributed by atoms with Crippen LogP contribution in [0.25, 0.3) is 0 Å². The molecule has 0 bridgehead atoms. The van der Waals surface area contributed by atoms with E-state index in [1.54, 1.807) is 17.6 Å². The highest BCUT2D eigenvalue weighted by atomic mass is 35.5. The third-order valence-corrected chi connectivity index (χ3v) is 4.14. The second-order valence-corrected chi connectivity index (χ2v) is 4.98. The van der Waals surface area contributed by atoms with Crippen LogP contribution in [0.3, 0.4) is 0 Å². The summed E-state index contributed by atoms with van der Waals surface area (Å²) in [6.45, 7) is 4.17. The Morgan fingerprint density at radius 3 is 2.80 bits per heavy atom. The van der Waals surface area contributed by atoms with Crippen LogP contribution < -0.4 is 5.73 Å². The number of thiophene rings is 1. The SMILES string of the molecule is Cc1csc(C2N=C(N)N=CC2Cl)c1C. The zero-order chi connectivity index (χ0) is 11.0. The number of hydrogen-bond acceptors (Lipinski definition) is 4. The van der Waals surface area contributed by atoms with Gasteiger partial charge in [0.1, 0.15) is 6.04 Å². The van der Waals surface area contributed by atoms with Gasteiger partial charge in [-0.3, -0.25) is 0 Å². The van der Waals surface area contributed by atoms with Gasteiger partial charge in [-0.15, -0.1) is 22.9 Å². The van der Waals surface area contributed by atoms with E-state index in [-0.39, 0.29) is 11.4 Å². The van der Waals surface area contributed by atoms with Crippen molar-refractivity contribution in [2.45, 2.75) is 25.3 Å². The van der Waals surface area contributed by atoms with Crippen molar-refractivity contribution in [3.63, 3.8) is 0 Å². The molecule has 2 rings (SSSR count). The van der Waals surface area contributed by atoms with Crippen molar-refractivity contribution in [2.24, 2.45) is 15.7 Å². The third-order valence-electron chi connectivity index (χ3n) is 2.51. The van der Waals surface area contributed by atoms with Gasteiger partial charge in [0.15, 0.2) is 0 Å². The first kappa shape index (κ1) is 10.6. The van der Waals surface area contributed by atoms with Gasteiger partial charge in [-0.2, -0.15) is 0 Å². The van der Waals surface area contributed by atoms with Crippen LogP contribution in [-0.2, 0) is 0 Å². The molecule has 80 valence electrons. The van der Waals surface area contributed by atoms with Gasteiger partial charge in [-0.1, -0.05) is 0 Å². The van der Waals surface area contributed by atoms with Crippen molar-refractivity contribution in [1.29, 1.82) is 0 Å². The van der Waals surface area contributed by atoms with Crippen molar-refractivity contribution in [2.75, 3.05) is 0 Å². The van der Waals surface area contributed by atoms with Gasteiger partial charge in [-0.05, 0) is 30.4 Å². The molecule has 1 aliphatic heterocycles. The number of halogens is 1. The maximum atomic E-state index is 6.16. The molecule has 2 heterocycles. The number of aliphatic imine (C=N–C) groups is 2. The lowest BCUT2D eigenvalue weighted by Crippen LogP contribution is -2.23. The molecule has 2 unspecified atom stereocenters. The summed E-state index contributed by atoms with van der Waals surface area (Å²) in [6, 6.07) is -0.0807. The standard InChI is InChI=1S/C10H12ClN3S/c1-5-4-15-9(6(5)2)8-7(11)3-13-10(12)14-8/h3-4,7-8H,1-2H3,(H2,12,14). The highest BCUT2D eigenvalue weighted by Crippen LogP contribution is 2.34. The van der Waals surface area contributed by atoms with E-state index in [4.69, 9.17) is 17.3 Å². The average molecular weight is 242 g/mol. The predicted octanol–water partition coefficient (Wildman–Crippen LogP) is 2.41. The van der Waals surface area contributed by atoms with Gasteiger partial charge in [0.05, 0.1) is 5.38 Å². The fourth-order valence-electron chi connectivity index (χ4n) is 1.49. The molecule has 1 aliphatic rings. The Balaban J connectivity index is 2.39. The number of nitrogens with two attached hydrogens (primary N) is 1. The van der Waals surface area contributed by atoms with E-state index in [9.17, 15) is 0 Å². The summed E-state index contributed by atoms with van der Waals surface area (Å²) < 4.78 is 0. The topological polar surface area (TPSA) is 50.7 Å². The first-order valence-electron chi connectivity index (χ1n) is 4.65. The Morgan fingerprint density at radius 2 is 2.20 bits per heavy atom.